The van der Waals surface area contributed by atoms with Crippen LogP contribution in [0.4, 0.5) is 11.5 Å². The van der Waals surface area contributed by atoms with Gasteiger partial charge in [-0.3, -0.25) is 4.79 Å². The first-order chi connectivity index (χ1) is 8.58. The third-order valence-corrected chi connectivity index (χ3v) is 2.80. The van der Waals surface area contributed by atoms with Crippen molar-refractivity contribution >= 4 is 33.3 Å². The van der Waals surface area contributed by atoms with Gasteiger partial charge in [0.25, 0.3) is 5.91 Å². The summed E-state index contributed by atoms with van der Waals surface area (Å²) in [5.41, 5.74) is 7.52. The SMILES string of the molecule is Cc1cccc(N)c1C(=O)Nc1cnc(Br)cn1. The van der Waals surface area contributed by atoms with Crippen LogP contribution in [0.1, 0.15) is 15.9 Å². The molecule has 0 fully saturated rings. The fourth-order valence-electron chi connectivity index (χ4n) is 1.56. The quantitative estimate of drug-likeness (QED) is 0.835. The molecule has 1 aromatic heterocycles. The summed E-state index contributed by atoms with van der Waals surface area (Å²) in [5, 5.41) is 2.65. The minimum atomic E-state index is -0.290. The minimum Gasteiger partial charge on any atom is -0.398 e. The van der Waals surface area contributed by atoms with Crippen LogP contribution in [0, 0.1) is 6.92 Å². The molecule has 5 nitrogen and oxygen atoms in total. The van der Waals surface area contributed by atoms with E-state index in [-0.39, 0.29) is 5.91 Å². The zero-order chi connectivity index (χ0) is 13.1. The molecule has 92 valence electrons. The van der Waals surface area contributed by atoms with Gasteiger partial charge in [0.1, 0.15) is 4.60 Å². The Hall–Kier alpha value is -1.95. The topological polar surface area (TPSA) is 80.9 Å². The van der Waals surface area contributed by atoms with E-state index in [1.54, 1.807) is 12.1 Å². The molecule has 0 aliphatic carbocycles. The van der Waals surface area contributed by atoms with Crippen LogP contribution in [0.15, 0.2) is 35.2 Å². The molecule has 0 bridgehead atoms. The molecule has 2 aromatic rings. The number of nitrogens with zero attached hydrogens (tertiary/aromatic N) is 2. The van der Waals surface area contributed by atoms with Crippen molar-refractivity contribution in [3.05, 3.63) is 46.3 Å². The molecule has 1 heterocycles. The molecule has 0 saturated heterocycles. The van der Waals surface area contributed by atoms with Crippen molar-refractivity contribution in [3.8, 4) is 0 Å². The van der Waals surface area contributed by atoms with Crippen molar-refractivity contribution < 1.29 is 4.79 Å². The molecule has 1 amide bonds. The van der Waals surface area contributed by atoms with E-state index < -0.39 is 0 Å². The van der Waals surface area contributed by atoms with E-state index in [1.807, 2.05) is 13.0 Å². The van der Waals surface area contributed by atoms with Gasteiger partial charge < -0.3 is 11.1 Å². The molecule has 18 heavy (non-hydrogen) atoms. The predicted molar refractivity (Wildman–Crippen MR) is 73.3 cm³/mol. The number of nitrogens with two attached hydrogens (primary N) is 1. The van der Waals surface area contributed by atoms with Gasteiger partial charge in [0.05, 0.1) is 18.0 Å². The molecular weight excluding hydrogens is 296 g/mol. The van der Waals surface area contributed by atoms with Crippen molar-refractivity contribution in [2.75, 3.05) is 11.1 Å². The van der Waals surface area contributed by atoms with E-state index in [9.17, 15) is 4.79 Å². The van der Waals surface area contributed by atoms with Crippen molar-refractivity contribution in [2.24, 2.45) is 0 Å². The van der Waals surface area contributed by atoms with Crippen LogP contribution < -0.4 is 11.1 Å². The molecule has 0 atom stereocenters. The zero-order valence-corrected chi connectivity index (χ0v) is 11.2. The summed E-state index contributed by atoms with van der Waals surface area (Å²) >= 11 is 3.17. The maximum Gasteiger partial charge on any atom is 0.259 e. The van der Waals surface area contributed by atoms with Gasteiger partial charge >= 0.3 is 0 Å². The summed E-state index contributed by atoms with van der Waals surface area (Å²) in [6, 6.07) is 5.33. The van der Waals surface area contributed by atoms with Gasteiger partial charge in [0.2, 0.25) is 0 Å². The fourth-order valence-corrected chi connectivity index (χ4v) is 1.76. The zero-order valence-electron chi connectivity index (χ0n) is 9.64. The van der Waals surface area contributed by atoms with Gasteiger partial charge in [0, 0.05) is 5.69 Å². The molecule has 0 spiro atoms. The van der Waals surface area contributed by atoms with E-state index in [0.29, 0.717) is 21.7 Å². The third kappa shape index (κ3) is 2.65. The van der Waals surface area contributed by atoms with Crippen LogP contribution in [0.2, 0.25) is 0 Å². The lowest BCUT2D eigenvalue weighted by molar-refractivity contribution is 0.102. The van der Waals surface area contributed by atoms with E-state index in [0.717, 1.165) is 5.56 Å². The van der Waals surface area contributed by atoms with E-state index in [1.165, 1.54) is 12.4 Å². The lowest BCUT2D eigenvalue weighted by Gasteiger charge is -2.09. The second-order valence-corrected chi connectivity index (χ2v) is 4.53. The van der Waals surface area contributed by atoms with Crippen LogP contribution in [0.3, 0.4) is 0 Å². The number of anilines is 2. The van der Waals surface area contributed by atoms with Gasteiger partial charge in [-0.2, -0.15) is 0 Å². The van der Waals surface area contributed by atoms with Crippen LogP contribution >= 0.6 is 15.9 Å². The van der Waals surface area contributed by atoms with Crippen LogP contribution in [-0.2, 0) is 0 Å². The molecule has 0 saturated carbocycles. The molecule has 0 aliphatic rings. The number of aryl methyl sites for hydroxylation is 1. The van der Waals surface area contributed by atoms with Crippen molar-refractivity contribution in [1.82, 2.24) is 9.97 Å². The first kappa shape index (κ1) is 12.5. The number of rotatable bonds is 2. The summed E-state index contributed by atoms with van der Waals surface area (Å²) in [7, 11) is 0. The molecule has 1 aromatic carbocycles. The van der Waals surface area contributed by atoms with Crippen molar-refractivity contribution in [3.63, 3.8) is 0 Å². The largest absolute Gasteiger partial charge is 0.398 e. The number of benzene rings is 1. The summed E-state index contributed by atoms with van der Waals surface area (Å²) in [5.74, 6) is 0.0908. The summed E-state index contributed by atoms with van der Waals surface area (Å²) in [4.78, 5) is 20.1. The number of hydrogen-bond donors (Lipinski definition) is 2. The van der Waals surface area contributed by atoms with E-state index >= 15 is 0 Å². The van der Waals surface area contributed by atoms with Gasteiger partial charge in [-0.1, -0.05) is 12.1 Å². The first-order valence-corrected chi connectivity index (χ1v) is 6.01. The number of carbonyl (C=O) groups excluding carboxylic acids is 1. The number of hydrogen-bond acceptors (Lipinski definition) is 4. The second-order valence-electron chi connectivity index (χ2n) is 3.72. The van der Waals surface area contributed by atoms with Crippen LogP contribution in [0.25, 0.3) is 0 Å². The maximum absolute atomic E-state index is 12.1. The fraction of sp³-hybridized carbons (Fsp3) is 0.0833. The molecule has 6 heteroatoms. The number of halogens is 1. The van der Waals surface area contributed by atoms with Crippen molar-refractivity contribution in [1.29, 1.82) is 0 Å². The average Bonchev–Trinajstić information content (AvgIpc) is 2.32. The summed E-state index contributed by atoms with van der Waals surface area (Å²) in [6.45, 7) is 1.83. The Balaban J connectivity index is 2.25. The highest BCUT2D eigenvalue weighted by Gasteiger charge is 2.13. The van der Waals surface area contributed by atoms with E-state index in [2.05, 4.69) is 31.2 Å². The molecule has 2 rings (SSSR count). The highest BCUT2D eigenvalue weighted by molar-refractivity contribution is 9.10. The first-order valence-electron chi connectivity index (χ1n) is 5.22. The van der Waals surface area contributed by atoms with E-state index in [4.69, 9.17) is 5.73 Å². The Morgan fingerprint density at radius 3 is 2.72 bits per heavy atom. The van der Waals surface area contributed by atoms with Crippen LogP contribution in [-0.4, -0.2) is 15.9 Å². The Morgan fingerprint density at radius 2 is 2.11 bits per heavy atom. The highest BCUT2D eigenvalue weighted by Crippen LogP contribution is 2.17. The lowest BCUT2D eigenvalue weighted by Crippen LogP contribution is -2.16. The Bertz CT molecular complexity index is 563. The Kier molecular flexibility index (Phi) is 3.57. The number of nitrogen functional groups attached to an aromatic ring is 1. The molecule has 0 radical (unpaired) electrons. The Morgan fingerprint density at radius 1 is 1.33 bits per heavy atom. The van der Waals surface area contributed by atoms with Gasteiger partial charge in [-0.05, 0) is 34.5 Å². The van der Waals surface area contributed by atoms with Gasteiger partial charge in [-0.25, -0.2) is 9.97 Å². The minimum absolute atomic E-state index is 0.290. The van der Waals surface area contributed by atoms with Crippen molar-refractivity contribution in [2.45, 2.75) is 6.92 Å². The van der Waals surface area contributed by atoms with Gasteiger partial charge in [-0.15, -0.1) is 0 Å². The smallest absolute Gasteiger partial charge is 0.259 e. The number of aromatic nitrogens is 2. The summed E-state index contributed by atoms with van der Waals surface area (Å²) in [6.07, 6.45) is 2.98. The molecular formula is C12H11BrN4O. The standard InChI is InChI=1S/C12H11BrN4O/c1-7-3-2-4-8(14)11(7)12(18)17-10-6-15-9(13)5-16-10/h2-6H,14H2,1H3,(H,16,17,18). The normalized spacial score (nSPS) is 10.1. The predicted octanol–water partition coefficient (Wildman–Crippen LogP) is 2.38. The number of nitrogens with one attached hydrogen (secondary N) is 1. The van der Waals surface area contributed by atoms with Crippen LogP contribution in [0.5, 0.6) is 0 Å². The monoisotopic (exact) mass is 306 g/mol. The summed E-state index contributed by atoms with van der Waals surface area (Å²) < 4.78 is 0.607. The molecule has 3 N–H and O–H groups in total. The maximum atomic E-state index is 12.1. The lowest BCUT2D eigenvalue weighted by atomic mass is 10.1. The number of carbonyl (C=O) groups is 1. The molecule has 0 aliphatic heterocycles. The third-order valence-electron chi connectivity index (χ3n) is 2.39. The second kappa shape index (κ2) is 5.14. The molecule has 0 unspecified atom stereocenters. The van der Waals surface area contributed by atoms with Gasteiger partial charge in [0.15, 0.2) is 5.82 Å². The highest BCUT2D eigenvalue weighted by atomic mass is 79.9. The average molecular weight is 307 g/mol. The number of amides is 1. The Labute approximate surface area is 113 Å².